The first-order chi connectivity index (χ1) is 6.69. The highest BCUT2D eigenvalue weighted by atomic mass is 15.1. The van der Waals surface area contributed by atoms with Crippen molar-refractivity contribution >= 4 is 11.6 Å². The molecule has 0 aliphatic carbocycles. The van der Waals surface area contributed by atoms with Crippen LogP contribution in [0.25, 0.3) is 0 Å². The number of hydrogen-bond donors (Lipinski definition) is 2. The second kappa shape index (κ2) is 4.79. The maximum absolute atomic E-state index is 4.21. The zero-order chi connectivity index (χ0) is 10.6. The number of nitrogens with one attached hydrogen (secondary N) is 2. The van der Waals surface area contributed by atoms with E-state index in [1.165, 1.54) is 0 Å². The highest BCUT2D eigenvalue weighted by Crippen LogP contribution is 2.18. The molecule has 0 aliphatic rings. The van der Waals surface area contributed by atoms with Gasteiger partial charge in [0.1, 0.15) is 18.0 Å². The molecule has 1 aromatic rings. The molecule has 4 nitrogen and oxygen atoms in total. The maximum atomic E-state index is 4.21. The van der Waals surface area contributed by atoms with E-state index < -0.39 is 0 Å². The van der Waals surface area contributed by atoms with Crippen molar-refractivity contribution in [1.82, 2.24) is 9.97 Å². The van der Waals surface area contributed by atoms with Gasteiger partial charge < -0.3 is 10.6 Å². The van der Waals surface area contributed by atoms with Crippen molar-refractivity contribution in [2.45, 2.75) is 33.2 Å². The predicted octanol–water partition coefficient (Wildman–Crippen LogP) is 2.04. The van der Waals surface area contributed by atoms with Crippen LogP contribution in [-0.4, -0.2) is 23.1 Å². The number of aromatic nitrogens is 2. The van der Waals surface area contributed by atoms with Gasteiger partial charge in [-0.2, -0.15) is 0 Å². The summed E-state index contributed by atoms with van der Waals surface area (Å²) in [6.07, 6.45) is 2.65. The van der Waals surface area contributed by atoms with Gasteiger partial charge in [-0.25, -0.2) is 9.97 Å². The molecule has 0 spiro atoms. The van der Waals surface area contributed by atoms with E-state index in [4.69, 9.17) is 0 Å². The Morgan fingerprint density at radius 1 is 1.36 bits per heavy atom. The SMILES string of the molecule is CCC(C)Nc1ncnc(NC)c1C. The fraction of sp³-hybridized carbons (Fsp3) is 0.600. The second-order valence-electron chi connectivity index (χ2n) is 3.40. The smallest absolute Gasteiger partial charge is 0.134 e. The first kappa shape index (κ1) is 10.8. The van der Waals surface area contributed by atoms with Crippen LogP contribution in [0, 0.1) is 6.92 Å². The van der Waals surface area contributed by atoms with Gasteiger partial charge in [-0.1, -0.05) is 6.92 Å². The molecule has 1 atom stereocenters. The lowest BCUT2D eigenvalue weighted by atomic mass is 10.2. The first-order valence-corrected chi connectivity index (χ1v) is 4.94. The van der Waals surface area contributed by atoms with Gasteiger partial charge in [-0.05, 0) is 20.3 Å². The summed E-state index contributed by atoms with van der Waals surface area (Å²) < 4.78 is 0. The molecule has 4 heteroatoms. The fourth-order valence-electron chi connectivity index (χ4n) is 1.18. The van der Waals surface area contributed by atoms with E-state index in [0.717, 1.165) is 23.6 Å². The summed E-state index contributed by atoms with van der Waals surface area (Å²) in [6, 6.07) is 0.438. The molecule has 1 heterocycles. The Kier molecular flexibility index (Phi) is 3.68. The number of nitrogens with zero attached hydrogens (tertiary/aromatic N) is 2. The molecular weight excluding hydrogens is 176 g/mol. The van der Waals surface area contributed by atoms with Crippen molar-refractivity contribution in [2.75, 3.05) is 17.7 Å². The Morgan fingerprint density at radius 3 is 2.57 bits per heavy atom. The van der Waals surface area contributed by atoms with Crippen molar-refractivity contribution in [3.05, 3.63) is 11.9 Å². The quantitative estimate of drug-likeness (QED) is 0.770. The molecule has 0 saturated carbocycles. The Hall–Kier alpha value is -1.32. The third kappa shape index (κ3) is 2.34. The Labute approximate surface area is 85.2 Å². The van der Waals surface area contributed by atoms with Crippen molar-refractivity contribution in [1.29, 1.82) is 0 Å². The average Bonchev–Trinajstić information content (AvgIpc) is 2.21. The van der Waals surface area contributed by atoms with Gasteiger partial charge in [0.05, 0.1) is 0 Å². The molecule has 0 aromatic carbocycles. The zero-order valence-electron chi connectivity index (χ0n) is 9.26. The summed E-state index contributed by atoms with van der Waals surface area (Å²) in [5.41, 5.74) is 1.07. The van der Waals surface area contributed by atoms with Crippen molar-refractivity contribution in [3.63, 3.8) is 0 Å². The monoisotopic (exact) mass is 194 g/mol. The van der Waals surface area contributed by atoms with Crippen LogP contribution in [-0.2, 0) is 0 Å². The first-order valence-electron chi connectivity index (χ1n) is 4.94. The minimum atomic E-state index is 0.438. The molecule has 0 bridgehead atoms. The standard InChI is InChI=1S/C10H18N4/c1-5-7(2)14-10-8(3)9(11-4)12-6-13-10/h6-7H,5H2,1-4H3,(H2,11,12,13,14). The fourth-order valence-corrected chi connectivity index (χ4v) is 1.18. The molecule has 1 unspecified atom stereocenters. The van der Waals surface area contributed by atoms with E-state index in [9.17, 15) is 0 Å². The highest BCUT2D eigenvalue weighted by molar-refractivity contribution is 5.56. The Bertz CT molecular complexity index is 298. The maximum Gasteiger partial charge on any atom is 0.134 e. The third-order valence-electron chi connectivity index (χ3n) is 2.32. The minimum Gasteiger partial charge on any atom is -0.373 e. The van der Waals surface area contributed by atoms with Crippen molar-refractivity contribution < 1.29 is 0 Å². The molecule has 14 heavy (non-hydrogen) atoms. The molecule has 0 amide bonds. The van der Waals surface area contributed by atoms with Gasteiger partial charge in [0.25, 0.3) is 0 Å². The van der Waals surface area contributed by atoms with Crippen LogP contribution >= 0.6 is 0 Å². The van der Waals surface area contributed by atoms with E-state index in [0.29, 0.717) is 6.04 Å². The molecule has 78 valence electrons. The highest BCUT2D eigenvalue weighted by Gasteiger charge is 2.06. The van der Waals surface area contributed by atoms with Gasteiger partial charge >= 0.3 is 0 Å². The van der Waals surface area contributed by atoms with E-state index in [-0.39, 0.29) is 0 Å². The van der Waals surface area contributed by atoms with Crippen molar-refractivity contribution in [2.24, 2.45) is 0 Å². The number of rotatable bonds is 4. The summed E-state index contributed by atoms with van der Waals surface area (Å²) in [5, 5.41) is 6.38. The minimum absolute atomic E-state index is 0.438. The second-order valence-corrected chi connectivity index (χ2v) is 3.40. The van der Waals surface area contributed by atoms with Crippen LogP contribution < -0.4 is 10.6 Å². The summed E-state index contributed by atoms with van der Waals surface area (Å²) in [7, 11) is 1.86. The Morgan fingerprint density at radius 2 is 2.00 bits per heavy atom. The largest absolute Gasteiger partial charge is 0.373 e. The number of hydrogen-bond acceptors (Lipinski definition) is 4. The van der Waals surface area contributed by atoms with E-state index in [1.54, 1.807) is 6.33 Å². The summed E-state index contributed by atoms with van der Waals surface area (Å²) >= 11 is 0. The molecule has 0 aliphatic heterocycles. The molecule has 0 radical (unpaired) electrons. The van der Waals surface area contributed by atoms with E-state index in [1.807, 2.05) is 14.0 Å². The summed E-state index contributed by atoms with van der Waals surface area (Å²) in [5.74, 6) is 1.80. The molecule has 0 fully saturated rings. The van der Waals surface area contributed by atoms with Crippen LogP contribution in [0.3, 0.4) is 0 Å². The van der Waals surface area contributed by atoms with Crippen LogP contribution in [0.5, 0.6) is 0 Å². The summed E-state index contributed by atoms with van der Waals surface area (Å²) in [4.78, 5) is 8.34. The van der Waals surface area contributed by atoms with Crippen LogP contribution in [0.2, 0.25) is 0 Å². The van der Waals surface area contributed by atoms with Gasteiger partial charge in [0, 0.05) is 18.7 Å². The lowest BCUT2D eigenvalue weighted by Crippen LogP contribution is -2.16. The van der Waals surface area contributed by atoms with Gasteiger partial charge in [-0.3, -0.25) is 0 Å². The van der Waals surface area contributed by atoms with Gasteiger partial charge in [0.2, 0.25) is 0 Å². The molecule has 2 N–H and O–H groups in total. The average molecular weight is 194 g/mol. The third-order valence-corrected chi connectivity index (χ3v) is 2.32. The normalized spacial score (nSPS) is 12.3. The van der Waals surface area contributed by atoms with E-state index in [2.05, 4.69) is 34.4 Å². The topological polar surface area (TPSA) is 49.8 Å². The molecular formula is C10H18N4. The van der Waals surface area contributed by atoms with Gasteiger partial charge in [-0.15, -0.1) is 0 Å². The van der Waals surface area contributed by atoms with Crippen LogP contribution in [0.15, 0.2) is 6.33 Å². The van der Waals surface area contributed by atoms with Crippen LogP contribution in [0.1, 0.15) is 25.8 Å². The van der Waals surface area contributed by atoms with Gasteiger partial charge in [0.15, 0.2) is 0 Å². The molecule has 1 aromatic heterocycles. The lowest BCUT2D eigenvalue weighted by molar-refractivity contribution is 0.757. The van der Waals surface area contributed by atoms with E-state index >= 15 is 0 Å². The lowest BCUT2D eigenvalue weighted by Gasteiger charge is -2.15. The Balaban J connectivity index is 2.86. The zero-order valence-corrected chi connectivity index (χ0v) is 9.26. The summed E-state index contributed by atoms with van der Waals surface area (Å²) in [6.45, 7) is 6.30. The van der Waals surface area contributed by atoms with Crippen molar-refractivity contribution in [3.8, 4) is 0 Å². The molecule has 0 saturated heterocycles. The predicted molar refractivity (Wildman–Crippen MR) is 59.7 cm³/mol. The number of anilines is 2. The van der Waals surface area contributed by atoms with Crippen LogP contribution in [0.4, 0.5) is 11.6 Å². The molecule has 1 rings (SSSR count).